The standard InChI is InChI=1S/C20H27N7OS/c28-19(26-10-11-29-15-26)18-12-17(13-21-18)24-6-8-25(9-7-24)20-22-14-23-27(20)16-4-2-1-3-5-16/h1-5,14,17-18,21H,6-13,15H2/t17-,18-/m0/s1. The van der Waals surface area contributed by atoms with Crippen LogP contribution in [0.1, 0.15) is 6.42 Å². The number of nitrogens with zero attached hydrogens (tertiary/aromatic N) is 6. The van der Waals surface area contributed by atoms with E-state index in [1.54, 1.807) is 6.33 Å². The molecule has 1 aromatic carbocycles. The molecule has 1 N–H and O–H groups in total. The Morgan fingerprint density at radius 3 is 2.69 bits per heavy atom. The fourth-order valence-electron chi connectivity index (χ4n) is 4.48. The Kier molecular flexibility index (Phi) is 5.43. The van der Waals surface area contributed by atoms with E-state index in [2.05, 4.69) is 37.3 Å². The van der Waals surface area contributed by atoms with Crippen molar-refractivity contribution < 1.29 is 4.79 Å². The lowest BCUT2D eigenvalue weighted by Gasteiger charge is -2.38. The van der Waals surface area contributed by atoms with Gasteiger partial charge in [-0.15, -0.1) is 11.8 Å². The summed E-state index contributed by atoms with van der Waals surface area (Å²) in [5, 5.41) is 7.89. The summed E-state index contributed by atoms with van der Waals surface area (Å²) in [5.74, 6) is 3.10. The summed E-state index contributed by atoms with van der Waals surface area (Å²) in [7, 11) is 0. The number of thioether (sulfide) groups is 1. The second kappa shape index (κ2) is 8.33. The van der Waals surface area contributed by atoms with E-state index in [-0.39, 0.29) is 11.9 Å². The number of carbonyl (C=O) groups is 1. The Morgan fingerprint density at radius 1 is 1.10 bits per heavy atom. The lowest BCUT2D eigenvalue weighted by molar-refractivity contribution is -0.131. The van der Waals surface area contributed by atoms with Gasteiger partial charge in [0.05, 0.1) is 17.6 Å². The van der Waals surface area contributed by atoms with Gasteiger partial charge in [0.25, 0.3) is 0 Å². The molecule has 154 valence electrons. The third kappa shape index (κ3) is 3.86. The van der Waals surface area contributed by atoms with E-state index in [0.29, 0.717) is 6.04 Å². The summed E-state index contributed by atoms with van der Waals surface area (Å²) in [4.78, 5) is 24.0. The largest absolute Gasteiger partial charge is 0.338 e. The Hall–Kier alpha value is -2.10. The normalized spacial score (nSPS) is 25.7. The van der Waals surface area contributed by atoms with E-state index < -0.39 is 0 Å². The van der Waals surface area contributed by atoms with Crippen molar-refractivity contribution in [1.82, 2.24) is 29.9 Å². The number of aromatic nitrogens is 3. The number of para-hydroxylation sites is 1. The molecule has 0 bridgehead atoms. The molecular weight excluding hydrogens is 386 g/mol. The summed E-state index contributed by atoms with van der Waals surface area (Å²) >= 11 is 1.84. The van der Waals surface area contributed by atoms with Gasteiger partial charge < -0.3 is 15.1 Å². The number of rotatable bonds is 4. The number of piperazine rings is 1. The quantitative estimate of drug-likeness (QED) is 0.789. The van der Waals surface area contributed by atoms with E-state index in [1.165, 1.54) is 0 Å². The molecule has 1 aromatic heterocycles. The predicted octanol–water partition coefficient (Wildman–Crippen LogP) is 0.653. The molecule has 9 heteroatoms. The van der Waals surface area contributed by atoms with Crippen LogP contribution in [0.15, 0.2) is 36.7 Å². The number of hydrogen-bond acceptors (Lipinski definition) is 7. The van der Waals surface area contributed by atoms with Crippen LogP contribution in [-0.4, -0.2) is 93.5 Å². The van der Waals surface area contributed by atoms with Crippen molar-refractivity contribution in [2.45, 2.75) is 18.5 Å². The van der Waals surface area contributed by atoms with Crippen molar-refractivity contribution in [1.29, 1.82) is 0 Å². The lowest BCUT2D eigenvalue weighted by atomic mass is 10.1. The zero-order valence-electron chi connectivity index (χ0n) is 16.5. The maximum atomic E-state index is 12.7. The zero-order valence-corrected chi connectivity index (χ0v) is 17.3. The van der Waals surface area contributed by atoms with Gasteiger partial charge in [0.15, 0.2) is 0 Å². The van der Waals surface area contributed by atoms with E-state index in [0.717, 1.165) is 69.0 Å². The van der Waals surface area contributed by atoms with Crippen LogP contribution < -0.4 is 10.2 Å². The topological polar surface area (TPSA) is 69.5 Å². The maximum Gasteiger partial charge on any atom is 0.240 e. The smallest absolute Gasteiger partial charge is 0.240 e. The van der Waals surface area contributed by atoms with E-state index >= 15 is 0 Å². The Morgan fingerprint density at radius 2 is 1.93 bits per heavy atom. The van der Waals surface area contributed by atoms with Gasteiger partial charge >= 0.3 is 0 Å². The van der Waals surface area contributed by atoms with E-state index in [9.17, 15) is 4.79 Å². The molecule has 1 amide bonds. The van der Waals surface area contributed by atoms with Crippen LogP contribution in [0.25, 0.3) is 5.69 Å². The lowest BCUT2D eigenvalue weighted by Crippen LogP contribution is -2.51. The predicted molar refractivity (Wildman–Crippen MR) is 114 cm³/mol. The minimum absolute atomic E-state index is 0.0158. The van der Waals surface area contributed by atoms with Crippen molar-refractivity contribution in [2.24, 2.45) is 0 Å². The van der Waals surface area contributed by atoms with Crippen molar-refractivity contribution in [3.8, 4) is 5.69 Å². The molecule has 4 heterocycles. The molecule has 3 fully saturated rings. The zero-order chi connectivity index (χ0) is 19.6. The third-order valence-electron chi connectivity index (χ3n) is 6.11. The molecule has 3 aliphatic rings. The van der Waals surface area contributed by atoms with Crippen LogP contribution >= 0.6 is 11.8 Å². The molecule has 2 atom stereocenters. The van der Waals surface area contributed by atoms with Crippen LogP contribution in [0.3, 0.4) is 0 Å². The highest BCUT2D eigenvalue weighted by molar-refractivity contribution is 7.99. The molecule has 2 aromatic rings. The minimum atomic E-state index is -0.0158. The molecule has 0 unspecified atom stereocenters. The molecule has 29 heavy (non-hydrogen) atoms. The Labute approximate surface area is 175 Å². The number of anilines is 1. The van der Waals surface area contributed by atoms with Gasteiger partial charge in [0.2, 0.25) is 11.9 Å². The molecule has 5 rings (SSSR count). The van der Waals surface area contributed by atoms with Crippen LogP contribution in [0, 0.1) is 0 Å². The Bertz CT molecular complexity index is 830. The summed E-state index contributed by atoms with van der Waals surface area (Å²) in [6.07, 6.45) is 2.54. The number of benzene rings is 1. The van der Waals surface area contributed by atoms with Gasteiger partial charge in [-0.2, -0.15) is 14.8 Å². The molecule has 8 nitrogen and oxygen atoms in total. The maximum absolute atomic E-state index is 12.7. The van der Waals surface area contributed by atoms with E-state index in [4.69, 9.17) is 0 Å². The second-order valence-corrected chi connectivity index (χ2v) is 8.89. The fourth-order valence-corrected chi connectivity index (χ4v) is 5.44. The highest BCUT2D eigenvalue weighted by Gasteiger charge is 2.37. The number of carbonyl (C=O) groups excluding carboxylic acids is 1. The number of nitrogens with one attached hydrogen (secondary N) is 1. The van der Waals surface area contributed by atoms with Gasteiger partial charge in [0, 0.05) is 51.1 Å². The molecule has 0 saturated carbocycles. The third-order valence-corrected chi connectivity index (χ3v) is 7.08. The van der Waals surface area contributed by atoms with Crippen LogP contribution in [0.5, 0.6) is 0 Å². The molecule has 0 aliphatic carbocycles. The summed E-state index contributed by atoms with van der Waals surface area (Å²) in [6, 6.07) is 10.6. The average molecular weight is 414 g/mol. The first-order chi connectivity index (χ1) is 14.3. The number of hydrogen-bond donors (Lipinski definition) is 1. The molecule has 0 radical (unpaired) electrons. The molecule has 3 aliphatic heterocycles. The summed E-state index contributed by atoms with van der Waals surface area (Å²) < 4.78 is 1.91. The minimum Gasteiger partial charge on any atom is -0.338 e. The van der Waals surface area contributed by atoms with Crippen LogP contribution in [0.2, 0.25) is 0 Å². The van der Waals surface area contributed by atoms with Crippen molar-refractivity contribution in [3.05, 3.63) is 36.7 Å². The first-order valence-corrected chi connectivity index (χ1v) is 11.5. The Balaban J connectivity index is 1.18. The number of amides is 1. The molecular formula is C20H27N7OS. The first-order valence-electron chi connectivity index (χ1n) is 10.3. The summed E-state index contributed by atoms with van der Waals surface area (Å²) in [5.41, 5.74) is 1.03. The van der Waals surface area contributed by atoms with Gasteiger partial charge in [-0.25, -0.2) is 0 Å². The van der Waals surface area contributed by atoms with Gasteiger partial charge in [0.1, 0.15) is 6.33 Å². The van der Waals surface area contributed by atoms with Crippen LogP contribution in [-0.2, 0) is 4.79 Å². The summed E-state index contributed by atoms with van der Waals surface area (Å²) in [6.45, 7) is 5.60. The first kappa shape index (κ1) is 18.9. The second-order valence-electron chi connectivity index (χ2n) is 7.82. The van der Waals surface area contributed by atoms with Crippen molar-refractivity contribution >= 4 is 23.6 Å². The van der Waals surface area contributed by atoms with Gasteiger partial charge in [-0.05, 0) is 18.6 Å². The average Bonchev–Trinajstić information content (AvgIpc) is 3.56. The monoisotopic (exact) mass is 413 g/mol. The van der Waals surface area contributed by atoms with Crippen molar-refractivity contribution in [3.63, 3.8) is 0 Å². The SMILES string of the molecule is O=C([C@@H]1C[C@H](N2CCN(c3ncnn3-c3ccccc3)CC2)CN1)N1CCSC1. The molecule has 0 spiro atoms. The van der Waals surface area contributed by atoms with Crippen molar-refractivity contribution in [2.75, 3.05) is 55.8 Å². The molecule has 3 saturated heterocycles. The van der Waals surface area contributed by atoms with E-state index in [1.807, 2.05) is 39.5 Å². The highest BCUT2D eigenvalue weighted by atomic mass is 32.2. The fraction of sp³-hybridized carbons (Fsp3) is 0.550. The van der Waals surface area contributed by atoms with Gasteiger partial charge in [-0.1, -0.05) is 18.2 Å². The van der Waals surface area contributed by atoms with Crippen LogP contribution in [0.4, 0.5) is 5.95 Å². The highest BCUT2D eigenvalue weighted by Crippen LogP contribution is 2.23. The van der Waals surface area contributed by atoms with Gasteiger partial charge in [-0.3, -0.25) is 9.69 Å².